The number of hydrogen-bond donors (Lipinski definition) is 4. The molecule has 3 saturated carbocycles. The Morgan fingerprint density at radius 3 is 2.27 bits per heavy atom. The van der Waals surface area contributed by atoms with E-state index in [4.69, 9.17) is 4.74 Å². The summed E-state index contributed by atoms with van der Waals surface area (Å²) in [6.45, 7) is 12.6. The summed E-state index contributed by atoms with van der Waals surface area (Å²) in [4.78, 5) is 52.2. The molecule has 4 N–H and O–H groups in total. The van der Waals surface area contributed by atoms with E-state index < -0.39 is 81.2 Å². The van der Waals surface area contributed by atoms with Crippen LogP contribution < -0.4 is 0 Å². The van der Waals surface area contributed by atoms with Crippen molar-refractivity contribution in [3.8, 4) is 0 Å². The molecule has 0 spiro atoms. The van der Waals surface area contributed by atoms with Gasteiger partial charge in [-0.05, 0) is 88.7 Å². The van der Waals surface area contributed by atoms with Crippen molar-refractivity contribution in [3.63, 3.8) is 0 Å². The van der Waals surface area contributed by atoms with Crippen LogP contribution in [0.4, 0.5) is 0 Å². The number of carbonyl (C=O) groups is 4. The van der Waals surface area contributed by atoms with Crippen LogP contribution in [0.3, 0.4) is 0 Å². The predicted molar refractivity (Wildman–Crippen MR) is 149 cm³/mol. The molecule has 4 aliphatic rings. The molecule has 0 saturated heterocycles. The predicted octanol–water partition coefficient (Wildman–Crippen LogP) is 2.47. The molecule has 0 radical (unpaired) electrons. The van der Waals surface area contributed by atoms with Crippen molar-refractivity contribution in [2.75, 3.05) is 6.61 Å². The molecule has 4 rings (SSSR count). The van der Waals surface area contributed by atoms with Crippen molar-refractivity contribution in [1.29, 1.82) is 0 Å². The van der Waals surface area contributed by atoms with Crippen LogP contribution in [-0.4, -0.2) is 73.8 Å². The molecule has 4 aliphatic carbocycles. The van der Waals surface area contributed by atoms with Gasteiger partial charge in [0.2, 0.25) is 0 Å². The molecule has 9 atom stereocenters. The van der Waals surface area contributed by atoms with E-state index in [2.05, 4.69) is 0 Å². The molecule has 0 aliphatic heterocycles. The van der Waals surface area contributed by atoms with E-state index in [1.165, 1.54) is 19.9 Å². The highest BCUT2D eigenvalue weighted by Gasteiger charge is 2.75. The summed E-state index contributed by atoms with van der Waals surface area (Å²) in [6, 6.07) is 0. The van der Waals surface area contributed by atoms with Gasteiger partial charge in [-0.1, -0.05) is 25.5 Å². The van der Waals surface area contributed by atoms with Crippen LogP contribution >= 0.6 is 0 Å². The van der Waals surface area contributed by atoms with E-state index in [0.717, 1.165) is 11.6 Å². The first-order valence-corrected chi connectivity index (χ1v) is 14.5. The first kappa shape index (κ1) is 31.7. The number of rotatable bonds is 6. The minimum absolute atomic E-state index is 0.0365. The number of aliphatic hydroxyl groups is 4. The molecule has 0 aromatic rings. The van der Waals surface area contributed by atoms with Crippen LogP contribution in [0.15, 0.2) is 23.8 Å². The number of fused-ring (bicyclic) bond motifs is 5. The smallest absolute Gasteiger partial charge is 0.303 e. The Labute approximate surface area is 242 Å². The van der Waals surface area contributed by atoms with Crippen LogP contribution in [0.2, 0.25) is 0 Å². The van der Waals surface area contributed by atoms with Crippen molar-refractivity contribution < 1.29 is 44.3 Å². The highest BCUT2D eigenvalue weighted by molar-refractivity contribution is 5.98. The number of carbonyl (C=O) groups excluding carboxylic acids is 4. The van der Waals surface area contributed by atoms with Crippen LogP contribution in [0.25, 0.3) is 0 Å². The van der Waals surface area contributed by atoms with Crippen molar-refractivity contribution in [1.82, 2.24) is 0 Å². The number of aliphatic hydroxyl groups excluding tert-OH is 3. The molecular formula is C32H46O9. The van der Waals surface area contributed by atoms with Crippen LogP contribution in [0.1, 0.15) is 81.1 Å². The van der Waals surface area contributed by atoms with Gasteiger partial charge in [-0.15, -0.1) is 0 Å². The van der Waals surface area contributed by atoms with Crippen LogP contribution in [-0.2, 0) is 23.9 Å². The monoisotopic (exact) mass is 574 g/mol. The average Bonchev–Trinajstić information content (AvgIpc) is 3.05. The summed E-state index contributed by atoms with van der Waals surface area (Å²) < 4.78 is 5.22. The molecule has 9 nitrogen and oxygen atoms in total. The SMILES string of the molecule is CC(=O)OC(C)(C)/C=C/C(=O)C(C)(O)[C@H]1C(O)CC2(C)[C@@H]3CC=C4C(C[C@H](O)C(=O)C4(C)C)[C@]3(CO)C(=O)C[C@]12C. The quantitative estimate of drug-likeness (QED) is 0.212. The molecular weight excluding hydrogens is 528 g/mol. The lowest BCUT2D eigenvalue weighted by atomic mass is 9.38. The molecule has 0 heterocycles. The van der Waals surface area contributed by atoms with Gasteiger partial charge in [0.15, 0.2) is 11.6 Å². The Kier molecular flexibility index (Phi) is 7.47. The molecule has 0 amide bonds. The van der Waals surface area contributed by atoms with E-state index in [1.807, 2.05) is 19.9 Å². The maximum atomic E-state index is 14.4. The molecule has 41 heavy (non-hydrogen) atoms. The van der Waals surface area contributed by atoms with Crippen molar-refractivity contribution in [2.24, 2.45) is 39.4 Å². The fourth-order valence-electron chi connectivity index (χ4n) is 9.47. The number of ketones is 3. The second-order valence-electron chi connectivity index (χ2n) is 14.7. The van der Waals surface area contributed by atoms with E-state index >= 15 is 0 Å². The van der Waals surface area contributed by atoms with Crippen LogP contribution in [0, 0.1) is 39.4 Å². The van der Waals surface area contributed by atoms with Gasteiger partial charge in [0.05, 0.1) is 18.1 Å². The minimum atomic E-state index is -2.06. The number of allylic oxidation sites excluding steroid dienone is 2. The van der Waals surface area contributed by atoms with Gasteiger partial charge >= 0.3 is 5.97 Å². The van der Waals surface area contributed by atoms with Gasteiger partial charge in [0.1, 0.15) is 23.1 Å². The molecule has 0 aromatic carbocycles. The second kappa shape index (κ2) is 9.66. The zero-order valence-electron chi connectivity index (χ0n) is 25.5. The zero-order valence-corrected chi connectivity index (χ0v) is 25.5. The fourth-order valence-corrected chi connectivity index (χ4v) is 9.47. The Balaban J connectivity index is 1.78. The molecule has 228 valence electrons. The van der Waals surface area contributed by atoms with Crippen molar-refractivity contribution in [2.45, 2.75) is 104 Å². The Bertz CT molecular complexity index is 1230. The molecule has 3 fully saturated rings. The molecule has 9 heteroatoms. The first-order chi connectivity index (χ1) is 18.6. The van der Waals surface area contributed by atoms with E-state index in [1.54, 1.807) is 27.7 Å². The Hall–Kier alpha value is -2.20. The summed E-state index contributed by atoms with van der Waals surface area (Å²) in [5, 5.41) is 45.0. The van der Waals surface area contributed by atoms with Gasteiger partial charge in [-0.2, -0.15) is 0 Å². The third-order valence-corrected chi connectivity index (χ3v) is 11.5. The van der Waals surface area contributed by atoms with E-state index in [-0.39, 0.29) is 30.8 Å². The van der Waals surface area contributed by atoms with Gasteiger partial charge in [-0.3, -0.25) is 19.2 Å². The zero-order chi connectivity index (χ0) is 31.1. The molecule has 0 bridgehead atoms. The number of hydrogen-bond acceptors (Lipinski definition) is 9. The lowest BCUT2D eigenvalue weighted by molar-refractivity contribution is -0.192. The number of Topliss-reactive ketones (excluding diaryl/α,β-unsaturated/α-hetero) is 2. The Morgan fingerprint density at radius 2 is 1.71 bits per heavy atom. The highest BCUT2D eigenvalue weighted by atomic mass is 16.6. The maximum Gasteiger partial charge on any atom is 0.303 e. The molecule has 0 aromatic heterocycles. The third kappa shape index (κ3) is 4.33. The Morgan fingerprint density at radius 1 is 1.10 bits per heavy atom. The summed E-state index contributed by atoms with van der Waals surface area (Å²) >= 11 is 0. The first-order valence-electron chi connectivity index (χ1n) is 14.5. The summed E-state index contributed by atoms with van der Waals surface area (Å²) in [6.07, 6.45) is 2.66. The average molecular weight is 575 g/mol. The number of esters is 1. The van der Waals surface area contributed by atoms with Crippen molar-refractivity contribution in [3.05, 3.63) is 23.8 Å². The van der Waals surface area contributed by atoms with Crippen molar-refractivity contribution >= 4 is 23.3 Å². The summed E-state index contributed by atoms with van der Waals surface area (Å²) in [5.74, 6) is -3.76. The largest absolute Gasteiger partial charge is 0.456 e. The van der Waals surface area contributed by atoms with Gasteiger partial charge in [-0.25, -0.2) is 0 Å². The third-order valence-electron chi connectivity index (χ3n) is 11.5. The molecule has 4 unspecified atom stereocenters. The lowest BCUT2D eigenvalue weighted by Gasteiger charge is -2.64. The van der Waals surface area contributed by atoms with Crippen LogP contribution in [0.5, 0.6) is 0 Å². The van der Waals surface area contributed by atoms with E-state index in [9.17, 15) is 39.6 Å². The summed E-state index contributed by atoms with van der Waals surface area (Å²) in [5.41, 5.74) is -6.45. The maximum absolute atomic E-state index is 14.4. The van der Waals surface area contributed by atoms with E-state index in [0.29, 0.717) is 6.42 Å². The topological polar surface area (TPSA) is 158 Å². The van der Waals surface area contributed by atoms with Gasteiger partial charge in [0.25, 0.3) is 0 Å². The lowest BCUT2D eigenvalue weighted by Crippen LogP contribution is -2.67. The highest BCUT2D eigenvalue weighted by Crippen LogP contribution is 2.74. The normalized spacial score (nSPS) is 41.7. The second-order valence-corrected chi connectivity index (χ2v) is 14.7. The fraction of sp³-hybridized carbons (Fsp3) is 0.750. The van der Waals surface area contributed by atoms with Gasteiger partial charge < -0.3 is 25.2 Å². The minimum Gasteiger partial charge on any atom is -0.456 e. The summed E-state index contributed by atoms with van der Waals surface area (Å²) in [7, 11) is 0. The standard InChI is InChI=1S/C32H46O9/c1-17(34)41-27(2,3)12-11-23(37)31(8,40)25-21(36)14-29(6)22-10-9-18-19(13-20(35)26(39)28(18,4)5)32(22,16-33)24(38)15-30(25,29)7/h9,11-12,19-22,25,33,35-36,40H,10,13-16H2,1-8H3/b12-11+/t19?,20-,21?,22-,25-,29?,30+,31?,32-/m0/s1. The number of ether oxygens (including phenoxy) is 1. The van der Waals surface area contributed by atoms with Gasteiger partial charge in [0, 0.05) is 24.7 Å².